The Labute approximate surface area is 125 Å². The minimum absolute atomic E-state index is 0.0330. The number of amides is 1. The molecule has 0 heterocycles. The number of carboxylic acids is 1. The van der Waals surface area contributed by atoms with E-state index in [-0.39, 0.29) is 25.0 Å². The van der Waals surface area contributed by atoms with Gasteiger partial charge in [-0.1, -0.05) is 15.9 Å². The van der Waals surface area contributed by atoms with E-state index >= 15 is 0 Å². The molecule has 1 amide bonds. The average molecular weight is 342 g/mol. The van der Waals surface area contributed by atoms with Crippen molar-refractivity contribution < 1.29 is 19.4 Å². The van der Waals surface area contributed by atoms with Gasteiger partial charge in [0.2, 0.25) is 0 Å². The highest BCUT2D eigenvalue weighted by atomic mass is 79.9. The van der Waals surface area contributed by atoms with Crippen molar-refractivity contribution in [1.82, 2.24) is 5.32 Å². The first kappa shape index (κ1) is 14.8. The van der Waals surface area contributed by atoms with E-state index < -0.39 is 5.97 Å². The van der Waals surface area contributed by atoms with Crippen LogP contribution in [0.5, 0.6) is 5.75 Å². The molecule has 6 heteroatoms. The second-order valence-electron chi connectivity index (χ2n) is 4.85. The SMILES string of the molecule is O=C(O)CC(NC(=O)COc1ccc(Br)cc1)C1CC1. The van der Waals surface area contributed by atoms with Crippen LogP contribution < -0.4 is 10.1 Å². The van der Waals surface area contributed by atoms with Gasteiger partial charge in [-0.3, -0.25) is 9.59 Å². The highest BCUT2D eigenvalue weighted by Crippen LogP contribution is 2.34. The fourth-order valence-corrected chi connectivity index (χ4v) is 2.21. The number of ether oxygens (including phenoxy) is 1. The Hall–Kier alpha value is -1.56. The summed E-state index contributed by atoms with van der Waals surface area (Å²) in [5.74, 6) is -0.283. The quantitative estimate of drug-likeness (QED) is 0.797. The lowest BCUT2D eigenvalue weighted by atomic mass is 10.1. The van der Waals surface area contributed by atoms with Gasteiger partial charge in [0, 0.05) is 10.5 Å². The number of hydrogen-bond acceptors (Lipinski definition) is 3. The standard InChI is InChI=1S/C14H16BrNO4/c15-10-3-5-11(6-4-10)20-8-13(17)16-12(7-14(18)19)9-1-2-9/h3-6,9,12H,1-2,7-8H2,(H,16,17)(H,18,19). The summed E-state index contributed by atoms with van der Waals surface area (Å²) in [4.78, 5) is 22.5. The molecule has 0 radical (unpaired) electrons. The van der Waals surface area contributed by atoms with Crippen molar-refractivity contribution >= 4 is 27.8 Å². The van der Waals surface area contributed by atoms with E-state index in [1.165, 1.54) is 0 Å². The highest BCUT2D eigenvalue weighted by Gasteiger charge is 2.33. The summed E-state index contributed by atoms with van der Waals surface area (Å²) in [6, 6.07) is 6.88. The van der Waals surface area contributed by atoms with Crippen LogP contribution in [0.4, 0.5) is 0 Å². The van der Waals surface area contributed by atoms with Crippen LogP contribution in [0.25, 0.3) is 0 Å². The summed E-state index contributed by atoms with van der Waals surface area (Å²) in [5.41, 5.74) is 0. The molecule has 108 valence electrons. The predicted molar refractivity (Wildman–Crippen MR) is 76.5 cm³/mol. The van der Waals surface area contributed by atoms with Crippen molar-refractivity contribution in [3.8, 4) is 5.75 Å². The van der Waals surface area contributed by atoms with Crippen molar-refractivity contribution in [2.75, 3.05) is 6.61 Å². The Morgan fingerprint density at radius 2 is 2.00 bits per heavy atom. The maximum Gasteiger partial charge on any atom is 0.305 e. The van der Waals surface area contributed by atoms with Crippen LogP contribution in [-0.4, -0.2) is 29.6 Å². The van der Waals surface area contributed by atoms with Crippen molar-refractivity contribution in [3.63, 3.8) is 0 Å². The van der Waals surface area contributed by atoms with Crippen LogP contribution in [0.2, 0.25) is 0 Å². The Balaban J connectivity index is 1.79. The van der Waals surface area contributed by atoms with Gasteiger partial charge in [-0.2, -0.15) is 0 Å². The lowest BCUT2D eigenvalue weighted by Crippen LogP contribution is -2.40. The smallest absolute Gasteiger partial charge is 0.305 e. The number of hydrogen-bond donors (Lipinski definition) is 2. The molecule has 2 rings (SSSR count). The lowest BCUT2D eigenvalue weighted by Gasteiger charge is -2.16. The zero-order valence-corrected chi connectivity index (χ0v) is 12.4. The summed E-state index contributed by atoms with van der Waals surface area (Å²) in [7, 11) is 0. The molecule has 1 aromatic carbocycles. The Morgan fingerprint density at radius 1 is 1.35 bits per heavy atom. The fourth-order valence-electron chi connectivity index (χ4n) is 1.95. The predicted octanol–water partition coefficient (Wildman–Crippen LogP) is 2.20. The molecular formula is C14H16BrNO4. The molecule has 1 saturated carbocycles. The molecule has 0 aromatic heterocycles. The van der Waals surface area contributed by atoms with Crippen LogP contribution in [-0.2, 0) is 9.59 Å². The molecule has 5 nitrogen and oxygen atoms in total. The van der Waals surface area contributed by atoms with E-state index in [4.69, 9.17) is 9.84 Å². The molecule has 1 atom stereocenters. The molecule has 1 aromatic rings. The molecule has 1 fully saturated rings. The van der Waals surface area contributed by atoms with E-state index in [0.717, 1.165) is 17.3 Å². The third-order valence-electron chi connectivity index (χ3n) is 3.12. The van der Waals surface area contributed by atoms with Crippen LogP contribution in [0.3, 0.4) is 0 Å². The second-order valence-corrected chi connectivity index (χ2v) is 5.77. The number of benzene rings is 1. The number of nitrogens with one attached hydrogen (secondary N) is 1. The van der Waals surface area contributed by atoms with Gasteiger partial charge in [0.15, 0.2) is 6.61 Å². The monoisotopic (exact) mass is 341 g/mol. The zero-order chi connectivity index (χ0) is 14.5. The van der Waals surface area contributed by atoms with E-state index in [1.54, 1.807) is 12.1 Å². The number of halogens is 1. The molecule has 0 spiro atoms. The largest absolute Gasteiger partial charge is 0.484 e. The zero-order valence-electron chi connectivity index (χ0n) is 10.8. The molecule has 0 aliphatic heterocycles. The third-order valence-corrected chi connectivity index (χ3v) is 3.64. The number of carbonyl (C=O) groups excluding carboxylic acids is 1. The Morgan fingerprint density at radius 3 is 2.55 bits per heavy atom. The maximum atomic E-state index is 11.8. The van der Waals surface area contributed by atoms with Gasteiger partial charge in [0.1, 0.15) is 5.75 Å². The summed E-state index contributed by atoms with van der Waals surface area (Å²) < 4.78 is 6.28. The number of carbonyl (C=O) groups is 2. The molecule has 2 N–H and O–H groups in total. The van der Waals surface area contributed by atoms with Crippen LogP contribution in [0.15, 0.2) is 28.7 Å². The van der Waals surface area contributed by atoms with Gasteiger partial charge in [-0.25, -0.2) is 0 Å². The first-order valence-corrected chi connectivity index (χ1v) is 7.23. The van der Waals surface area contributed by atoms with E-state index in [1.807, 2.05) is 12.1 Å². The lowest BCUT2D eigenvalue weighted by molar-refractivity contribution is -0.138. The molecule has 0 bridgehead atoms. The van der Waals surface area contributed by atoms with Crippen molar-refractivity contribution in [3.05, 3.63) is 28.7 Å². The van der Waals surface area contributed by atoms with Gasteiger partial charge in [0.05, 0.1) is 6.42 Å². The molecule has 20 heavy (non-hydrogen) atoms. The Bertz CT molecular complexity index is 484. The number of carboxylic acid groups (broad SMARTS) is 1. The summed E-state index contributed by atoms with van der Waals surface area (Å²) in [6.07, 6.45) is 1.92. The second kappa shape index (κ2) is 6.74. The Kier molecular flexibility index (Phi) is 5.00. The first-order valence-electron chi connectivity index (χ1n) is 6.44. The van der Waals surface area contributed by atoms with E-state index in [2.05, 4.69) is 21.2 Å². The van der Waals surface area contributed by atoms with Crippen molar-refractivity contribution in [2.24, 2.45) is 5.92 Å². The number of aliphatic carboxylic acids is 1. The number of rotatable bonds is 7. The normalized spacial score (nSPS) is 15.4. The van der Waals surface area contributed by atoms with Crippen molar-refractivity contribution in [1.29, 1.82) is 0 Å². The summed E-state index contributed by atoms with van der Waals surface area (Å²) in [6.45, 7) is -0.107. The molecular weight excluding hydrogens is 326 g/mol. The molecule has 1 aliphatic carbocycles. The minimum atomic E-state index is -0.893. The molecule has 1 aliphatic rings. The maximum absolute atomic E-state index is 11.8. The van der Waals surface area contributed by atoms with E-state index in [9.17, 15) is 9.59 Å². The van der Waals surface area contributed by atoms with Gasteiger partial charge < -0.3 is 15.2 Å². The van der Waals surface area contributed by atoms with E-state index in [0.29, 0.717) is 11.7 Å². The minimum Gasteiger partial charge on any atom is -0.484 e. The van der Waals surface area contributed by atoms with Crippen LogP contribution in [0.1, 0.15) is 19.3 Å². The van der Waals surface area contributed by atoms with Gasteiger partial charge in [-0.05, 0) is 43.0 Å². The third kappa shape index (κ3) is 4.85. The molecule has 0 saturated heterocycles. The first-order chi connectivity index (χ1) is 9.54. The van der Waals surface area contributed by atoms with Gasteiger partial charge in [0.25, 0.3) is 5.91 Å². The average Bonchev–Trinajstić information content (AvgIpc) is 3.21. The van der Waals surface area contributed by atoms with Gasteiger partial charge in [-0.15, -0.1) is 0 Å². The fraction of sp³-hybridized carbons (Fsp3) is 0.429. The van der Waals surface area contributed by atoms with Gasteiger partial charge >= 0.3 is 5.97 Å². The van der Waals surface area contributed by atoms with Crippen LogP contribution in [0, 0.1) is 5.92 Å². The summed E-state index contributed by atoms with van der Waals surface area (Å²) in [5, 5.41) is 11.6. The topological polar surface area (TPSA) is 75.6 Å². The summed E-state index contributed by atoms with van der Waals surface area (Å²) >= 11 is 3.31. The van der Waals surface area contributed by atoms with Crippen molar-refractivity contribution in [2.45, 2.75) is 25.3 Å². The van der Waals surface area contributed by atoms with Crippen LogP contribution >= 0.6 is 15.9 Å². The highest BCUT2D eigenvalue weighted by molar-refractivity contribution is 9.10. The molecule has 1 unspecified atom stereocenters.